The molecule has 0 radical (unpaired) electrons. The fourth-order valence-electron chi connectivity index (χ4n) is 3.09. The topological polar surface area (TPSA) is 47.9 Å². The Morgan fingerprint density at radius 1 is 0.964 bits per heavy atom. The van der Waals surface area contributed by atoms with Gasteiger partial charge in [0.2, 0.25) is 0 Å². The number of aliphatic hydroxyl groups is 1. The van der Waals surface area contributed by atoms with Gasteiger partial charge in [0.25, 0.3) is 0 Å². The molecular formula is C21H25BF2O4. The van der Waals surface area contributed by atoms with Gasteiger partial charge in [-0.05, 0) is 63.3 Å². The molecule has 1 unspecified atom stereocenters. The monoisotopic (exact) mass is 390 g/mol. The van der Waals surface area contributed by atoms with Crippen LogP contribution >= 0.6 is 0 Å². The third-order valence-corrected chi connectivity index (χ3v) is 5.62. The number of alkyl halides is 2. The number of benzene rings is 2. The van der Waals surface area contributed by atoms with Gasteiger partial charge >= 0.3 is 13.7 Å². The van der Waals surface area contributed by atoms with E-state index in [1.54, 1.807) is 31.2 Å². The molecule has 150 valence electrons. The summed E-state index contributed by atoms with van der Waals surface area (Å²) in [5.74, 6) is 0.00149. The minimum absolute atomic E-state index is 0.00149. The molecule has 0 spiro atoms. The molecule has 1 N–H and O–H groups in total. The van der Waals surface area contributed by atoms with Crippen molar-refractivity contribution in [3.05, 3.63) is 59.7 Å². The van der Waals surface area contributed by atoms with E-state index in [4.69, 9.17) is 9.31 Å². The van der Waals surface area contributed by atoms with E-state index in [0.29, 0.717) is 11.1 Å². The number of rotatable bonds is 5. The third-order valence-electron chi connectivity index (χ3n) is 5.62. The van der Waals surface area contributed by atoms with E-state index >= 15 is 0 Å². The van der Waals surface area contributed by atoms with Gasteiger partial charge in [-0.15, -0.1) is 0 Å². The van der Waals surface area contributed by atoms with Crippen molar-refractivity contribution in [2.45, 2.75) is 58.0 Å². The first-order chi connectivity index (χ1) is 12.9. The van der Waals surface area contributed by atoms with Gasteiger partial charge < -0.3 is 19.2 Å². The van der Waals surface area contributed by atoms with E-state index in [9.17, 15) is 13.9 Å². The van der Waals surface area contributed by atoms with Crippen LogP contribution in [-0.2, 0) is 14.9 Å². The number of halogens is 2. The van der Waals surface area contributed by atoms with Crippen LogP contribution in [0.4, 0.5) is 8.78 Å². The first kappa shape index (κ1) is 20.8. The molecule has 1 heterocycles. The average molecular weight is 390 g/mol. The Morgan fingerprint density at radius 2 is 1.54 bits per heavy atom. The van der Waals surface area contributed by atoms with E-state index in [2.05, 4.69) is 4.74 Å². The van der Waals surface area contributed by atoms with E-state index < -0.39 is 30.5 Å². The fourth-order valence-corrected chi connectivity index (χ4v) is 3.09. The van der Waals surface area contributed by atoms with Gasteiger partial charge in [0, 0.05) is 0 Å². The van der Waals surface area contributed by atoms with E-state index in [1.165, 1.54) is 12.1 Å². The van der Waals surface area contributed by atoms with Crippen LogP contribution in [0.15, 0.2) is 48.5 Å². The Morgan fingerprint density at radius 3 is 2.07 bits per heavy atom. The van der Waals surface area contributed by atoms with Crippen LogP contribution in [0.3, 0.4) is 0 Å². The van der Waals surface area contributed by atoms with Crippen molar-refractivity contribution in [3.63, 3.8) is 0 Å². The smallest absolute Gasteiger partial charge is 0.435 e. The summed E-state index contributed by atoms with van der Waals surface area (Å²) in [5.41, 5.74) is -0.348. The van der Waals surface area contributed by atoms with Gasteiger partial charge in [0.15, 0.2) is 0 Å². The third kappa shape index (κ3) is 3.92. The molecule has 1 aliphatic rings. The second-order valence-electron chi connectivity index (χ2n) is 8.19. The number of hydrogen-bond acceptors (Lipinski definition) is 4. The lowest BCUT2D eigenvalue weighted by Crippen LogP contribution is -2.41. The van der Waals surface area contributed by atoms with Gasteiger partial charge in [-0.3, -0.25) is 0 Å². The summed E-state index contributed by atoms with van der Waals surface area (Å²) in [6.45, 7) is 6.64. The highest BCUT2D eigenvalue weighted by molar-refractivity contribution is 6.62. The summed E-state index contributed by atoms with van der Waals surface area (Å²) in [6, 6.07) is 13.3. The lowest BCUT2D eigenvalue weighted by atomic mass is 9.77. The normalized spacial score (nSPS) is 20.2. The summed E-state index contributed by atoms with van der Waals surface area (Å²) < 4.78 is 41.4. The molecule has 2 aromatic rings. The molecule has 0 aromatic heterocycles. The Balaban J connectivity index is 1.83. The molecule has 3 rings (SSSR count). The second-order valence-corrected chi connectivity index (χ2v) is 8.19. The molecule has 0 bridgehead atoms. The molecule has 0 amide bonds. The maximum Gasteiger partial charge on any atom is 0.494 e. The van der Waals surface area contributed by atoms with Crippen molar-refractivity contribution in [1.82, 2.24) is 0 Å². The Bertz CT molecular complexity index is 819. The van der Waals surface area contributed by atoms with Crippen molar-refractivity contribution in [1.29, 1.82) is 0 Å². The number of hydrogen-bond donors (Lipinski definition) is 1. The fraction of sp³-hybridized carbons (Fsp3) is 0.429. The van der Waals surface area contributed by atoms with Gasteiger partial charge in [-0.1, -0.05) is 36.4 Å². The molecular weight excluding hydrogens is 365 g/mol. The molecule has 2 aromatic carbocycles. The zero-order chi connectivity index (χ0) is 20.7. The molecule has 4 nitrogen and oxygen atoms in total. The predicted molar refractivity (Wildman–Crippen MR) is 104 cm³/mol. The maximum absolute atomic E-state index is 12.5. The first-order valence-corrected chi connectivity index (χ1v) is 9.16. The molecule has 1 saturated heterocycles. The minimum Gasteiger partial charge on any atom is -0.435 e. The highest BCUT2D eigenvalue weighted by Crippen LogP contribution is 2.37. The van der Waals surface area contributed by atoms with E-state index in [0.717, 1.165) is 5.46 Å². The van der Waals surface area contributed by atoms with Crippen molar-refractivity contribution < 1.29 is 27.9 Å². The van der Waals surface area contributed by atoms with Crippen LogP contribution in [-0.4, -0.2) is 30.0 Å². The average Bonchev–Trinajstić information content (AvgIpc) is 2.82. The molecule has 0 aliphatic carbocycles. The summed E-state index contributed by atoms with van der Waals surface area (Å²) in [6.07, 6.45) is 0. The Labute approximate surface area is 164 Å². The van der Waals surface area contributed by atoms with E-state index in [-0.39, 0.29) is 5.75 Å². The van der Waals surface area contributed by atoms with Crippen LogP contribution in [0.25, 0.3) is 0 Å². The van der Waals surface area contributed by atoms with Crippen LogP contribution < -0.4 is 10.2 Å². The second kappa shape index (κ2) is 7.14. The van der Waals surface area contributed by atoms with Crippen LogP contribution in [0.2, 0.25) is 0 Å². The molecule has 1 atom stereocenters. The number of ether oxygens (including phenoxy) is 1. The minimum atomic E-state index is -2.92. The SMILES string of the molecule is CC(O)(c1ccc(B2OC(C)(C)C(C)(C)O2)cc1)c1cccc(OC(F)F)c1. The standard InChI is InChI=1S/C21H25BF2O4/c1-19(2)20(3,4)28-22(27-19)16-11-9-14(10-12-16)21(5,25)15-7-6-8-17(13-15)26-18(23)24/h6-13,18,25H,1-5H3. The van der Waals surface area contributed by atoms with Crippen molar-refractivity contribution in [2.75, 3.05) is 0 Å². The summed E-state index contributed by atoms with van der Waals surface area (Å²) >= 11 is 0. The molecule has 28 heavy (non-hydrogen) atoms. The van der Waals surface area contributed by atoms with Crippen LogP contribution in [0.5, 0.6) is 5.75 Å². The van der Waals surface area contributed by atoms with Crippen LogP contribution in [0.1, 0.15) is 45.7 Å². The summed E-state index contributed by atoms with van der Waals surface area (Å²) in [7, 11) is -0.494. The summed E-state index contributed by atoms with van der Waals surface area (Å²) in [4.78, 5) is 0. The Kier molecular flexibility index (Phi) is 5.29. The van der Waals surface area contributed by atoms with Crippen molar-refractivity contribution in [2.24, 2.45) is 0 Å². The first-order valence-electron chi connectivity index (χ1n) is 9.16. The van der Waals surface area contributed by atoms with Gasteiger partial charge in [-0.2, -0.15) is 8.78 Å². The zero-order valence-electron chi connectivity index (χ0n) is 16.7. The largest absolute Gasteiger partial charge is 0.494 e. The predicted octanol–water partition coefficient (Wildman–Crippen LogP) is 3.84. The highest BCUT2D eigenvalue weighted by Gasteiger charge is 2.51. The zero-order valence-corrected chi connectivity index (χ0v) is 16.7. The van der Waals surface area contributed by atoms with Gasteiger partial charge in [-0.25, -0.2) is 0 Å². The highest BCUT2D eigenvalue weighted by atomic mass is 19.3. The van der Waals surface area contributed by atoms with Gasteiger partial charge in [0.1, 0.15) is 11.4 Å². The quantitative estimate of drug-likeness (QED) is 0.789. The lowest BCUT2D eigenvalue weighted by Gasteiger charge is -2.32. The van der Waals surface area contributed by atoms with Crippen molar-refractivity contribution >= 4 is 12.6 Å². The molecule has 0 saturated carbocycles. The van der Waals surface area contributed by atoms with Crippen molar-refractivity contribution in [3.8, 4) is 5.75 Å². The van der Waals surface area contributed by atoms with Gasteiger partial charge in [0.05, 0.1) is 11.2 Å². The van der Waals surface area contributed by atoms with E-state index in [1.807, 2.05) is 39.8 Å². The molecule has 1 aliphatic heterocycles. The lowest BCUT2D eigenvalue weighted by molar-refractivity contribution is -0.0501. The molecule has 1 fully saturated rings. The maximum atomic E-state index is 12.5. The summed E-state index contributed by atoms with van der Waals surface area (Å²) in [5, 5.41) is 11.0. The Hall–Kier alpha value is -1.96. The molecule has 7 heteroatoms. The van der Waals surface area contributed by atoms with Crippen LogP contribution in [0, 0.1) is 0 Å².